The fourth-order valence-corrected chi connectivity index (χ4v) is 4.17. The van der Waals surface area contributed by atoms with Gasteiger partial charge in [0.25, 0.3) is 11.7 Å². The number of nitrogens with zero attached hydrogens (tertiary/aromatic N) is 1. The van der Waals surface area contributed by atoms with Crippen LogP contribution in [0.4, 0.5) is 23.2 Å². The number of hydrogen-bond donors (Lipinski definition) is 1. The van der Waals surface area contributed by atoms with Gasteiger partial charge in [-0.15, -0.1) is 0 Å². The lowest BCUT2D eigenvalue weighted by Gasteiger charge is -2.26. The summed E-state index contributed by atoms with van der Waals surface area (Å²) in [6, 6.07) is 11.5. The van der Waals surface area contributed by atoms with Gasteiger partial charge in [-0.1, -0.05) is 35.9 Å². The molecule has 0 radical (unpaired) electrons. The number of rotatable bonds is 5. The van der Waals surface area contributed by atoms with Crippen LogP contribution in [0.1, 0.15) is 29.7 Å². The van der Waals surface area contributed by atoms with Crippen LogP contribution in [-0.2, 0) is 15.8 Å². The van der Waals surface area contributed by atoms with E-state index in [-0.39, 0.29) is 34.2 Å². The van der Waals surface area contributed by atoms with Crippen molar-refractivity contribution in [3.05, 3.63) is 99.8 Å². The number of aliphatic hydroxyl groups excluding tert-OH is 1. The summed E-state index contributed by atoms with van der Waals surface area (Å²) in [5.41, 5.74) is -1.98. The van der Waals surface area contributed by atoms with Crippen molar-refractivity contribution in [1.82, 2.24) is 0 Å². The first-order valence-corrected chi connectivity index (χ1v) is 11.1. The number of alkyl halides is 3. The van der Waals surface area contributed by atoms with Gasteiger partial charge in [0, 0.05) is 16.8 Å². The highest BCUT2D eigenvalue weighted by molar-refractivity contribution is 6.51. The predicted molar refractivity (Wildman–Crippen MR) is 125 cm³/mol. The lowest BCUT2D eigenvalue weighted by molar-refractivity contribution is -0.137. The Bertz CT molecular complexity index is 1390. The highest BCUT2D eigenvalue weighted by Crippen LogP contribution is 2.44. The summed E-state index contributed by atoms with van der Waals surface area (Å²) >= 11 is 6.10. The second-order valence-electron chi connectivity index (χ2n) is 7.82. The summed E-state index contributed by atoms with van der Waals surface area (Å²) in [7, 11) is 0. The summed E-state index contributed by atoms with van der Waals surface area (Å²) in [4.78, 5) is 27.0. The van der Waals surface area contributed by atoms with Crippen molar-refractivity contribution in [2.24, 2.45) is 0 Å². The molecule has 1 heterocycles. The Morgan fingerprint density at radius 3 is 2.44 bits per heavy atom. The fourth-order valence-electron chi connectivity index (χ4n) is 3.99. The molecule has 0 saturated carbocycles. The smallest absolute Gasteiger partial charge is 0.416 e. The molecule has 1 aliphatic rings. The van der Waals surface area contributed by atoms with Crippen molar-refractivity contribution in [1.29, 1.82) is 0 Å². The number of carbonyl (C=O) groups excluding carboxylic acids is 2. The molecule has 10 heteroatoms. The molecule has 1 N–H and O–H groups in total. The Balaban J connectivity index is 1.96. The molecule has 1 atom stereocenters. The summed E-state index contributed by atoms with van der Waals surface area (Å²) in [6.07, 6.45) is -4.73. The van der Waals surface area contributed by atoms with Crippen LogP contribution in [0.3, 0.4) is 0 Å². The van der Waals surface area contributed by atoms with Gasteiger partial charge in [-0.2, -0.15) is 13.2 Å². The largest absolute Gasteiger partial charge is 0.507 e. The molecular weight excluding hydrogens is 502 g/mol. The predicted octanol–water partition coefficient (Wildman–Crippen LogP) is 6.52. The van der Waals surface area contributed by atoms with Gasteiger partial charge in [0.2, 0.25) is 0 Å². The molecule has 36 heavy (non-hydrogen) atoms. The average Bonchev–Trinajstić information content (AvgIpc) is 3.10. The van der Waals surface area contributed by atoms with E-state index in [1.807, 2.05) is 0 Å². The van der Waals surface area contributed by atoms with E-state index in [0.717, 1.165) is 23.1 Å². The van der Waals surface area contributed by atoms with Gasteiger partial charge in [0.05, 0.1) is 28.8 Å². The molecule has 1 fully saturated rings. The zero-order valence-electron chi connectivity index (χ0n) is 18.6. The van der Waals surface area contributed by atoms with Crippen LogP contribution >= 0.6 is 11.6 Å². The maximum atomic E-state index is 14.9. The van der Waals surface area contributed by atoms with Crippen LogP contribution in [0.2, 0.25) is 5.02 Å². The van der Waals surface area contributed by atoms with Gasteiger partial charge in [-0.3, -0.25) is 14.5 Å². The molecule has 0 aromatic heterocycles. The minimum atomic E-state index is -4.73. The van der Waals surface area contributed by atoms with Crippen LogP contribution < -0.4 is 9.64 Å². The van der Waals surface area contributed by atoms with Gasteiger partial charge in [-0.05, 0) is 49.4 Å². The number of ether oxygens (including phenoxy) is 1. The topological polar surface area (TPSA) is 66.8 Å². The Morgan fingerprint density at radius 1 is 1.06 bits per heavy atom. The first-order chi connectivity index (χ1) is 17.0. The lowest BCUT2D eigenvalue weighted by Crippen LogP contribution is -2.30. The van der Waals surface area contributed by atoms with E-state index in [1.165, 1.54) is 42.5 Å². The Hall–Kier alpha value is -3.85. The third-order valence-electron chi connectivity index (χ3n) is 5.60. The van der Waals surface area contributed by atoms with Crippen LogP contribution in [-0.4, -0.2) is 23.4 Å². The standard InChI is InChI=1S/C26H18ClF4NO4/c1-2-36-20-12-14(10-11-18(20)27)23(33)21-22(17-8-3-4-9-19(17)28)32(25(35)24(21)34)16-7-5-6-15(13-16)26(29,30)31/h3-13,22,33H,2H2,1H3/b23-21+. The van der Waals surface area contributed by atoms with Crippen molar-refractivity contribution >= 4 is 34.7 Å². The zero-order chi connectivity index (χ0) is 26.2. The van der Waals surface area contributed by atoms with Gasteiger partial charge < -0.3 is 9.84 Å². The molecule has 1 unspecified atom stereocenters. The molecular formula is C26H18ClF4NO4. The molecule has 5 nitrogen and oxygen atoms in total. The minimum Gasteiger partial charge on any atom is -0.507 e. The normalized spacial score (nSPS) is 17.5. The summed E-state index contributed by atoms with van der Waals surface area (Å²) in [5.74, 6) is -3.70. The van der Waals surface area contributed by atoms with E-state index in [1.54, 1.807) is 6.92 Å². The second kappa shape index (κ2) is 9.66. The number of hydrogen-bond acceptors (Lipinski definition) is 4. The van der Waals surface area contributed by atoms with Crippen molar-refractivity contribution in [3.8, 4) is 5.75 Å². The van der Waals surface area contributed by atoms with Crippen LogP contribution in [0.25, 0.3) is 5.76 Å². The van der Waals surface area contributed by atoms with E-state index in [9.17, 15) is 32.3 Å². The molecule has 0 bridgehead atoms. The average molecular weight is 520 g/mol. The number of anilines is 1. The highest BCUT2D eigenvalue weighted by Gasteiger charge is 2.48. The molecule has 3 aromatic carbocycles. The minimum absolute atomic E-state index is 0.0474. The summed E-state index contributed by atoms with van der Waals surface area (Å²) < 4.78 is 60.5. The van der Waals surface area contributed by atoms with Crippen LogP contribution in [0.5, 0.6) is 5.75 Å². The zero-order valence-corrected chi connectivity index (χ0v) is 19.4. The molecule has 4 rings (SSSR count). The Labute approximate surface area is 208 Å². The maximum absolute atomic E-state index is 14.9. The van der Waals surface area contributed by atoms with E-state index in [2.05, 4.69) is 0 Å². The number of aliphatic hydroxyl groups is 1. The lowest BCUT2D eigenvalue weighted by atomic mass is 9.94. The van der Waals surface area contributed by atoms with Crippen LogP contribution in [0.15, 0.2) is 72.3 Å². The van der Waals surface area contributed by atoms with Crippen LogP contribution in [0, 0.1) is 5.82 Å². The molecule has 1 amide bonds. The number of amides is 1. The summed E-state index contributed by atoms with van der Waals surface area (Å²) in [5, 5.41) is 11.4. The van der Waals surface area contributed by atoms with Gasteiger partial charge in [0.15, 0.2) is 0 Å². The van der Waals surface area contributed by atoms with Crippen molar-refractivity contribution in [2.45, 2.75) is 19.1 Å². The number of Topliss-reactive ketones (excluding diaryl/α,β-unsaturated/α-hetero) is 1. The van der Waals surface area contributed by atoms with Crippen molar-refractivity contribution in [3.63, 3.8) is 0 Å². The molecule has 1 saturated heterocycles. The first-order valence-electron chi connectivity index (χ1n) is 10.7. The van der Waals surface area contributed by atoms with E-state index < -0.39 is 46.6 Å². The SMILES string of the molecule is CCOc1cc(/C(O)=C2\C(=O)C(=O)N(c3cccc(C(F)(F)F)c3)C2c2ccccc2F)ccc1Cl. The molecule has 0 spiro atoms. The van der Waals surface area contributed by atoms with Crippen molar-refractivity contribution < 1.29 is 37.0 Å². The first kappa shape index (κ1) is 25.2. The second-order valence-corrected chi connectivity index (χ2v) is 8.22. The Morgan fingerprint density at radius 2 is 1.78 bits per heavy atom. The number of carbonyl (C=O) groups is 2. The van der Waals surface area contributed by atoms with Gasteiger partial charge in [0.1, 0.15) is 17.3 Å². The summed E-state index contributed by atoms with van der Waals surface area (Å²) in [6.45, 7) is 1.96. The van der Waals surface area contributed by atoms with E-state index >= 15 is 0 Å². The van der Waals surface area contributed by atoms with E-state index in [0.29, 0.717) is 6.07 Å². The maximum Gasteiger partial charge on any atom is 0.416 e. The van der Waals surface area contributed by atoms with Crippen molar-refractivity contribution in [2.75, 3.05) is 11.5 Å². The number of benzene rings is 3. The molecule has 1 aliphatic heterocycles. The number of halogens is 5. The highest BCUT2D eigenvalue weighted by atomic mass is 35.5. The quantitative estimate of drug-likeness (QED) is 0.180. The third kappa shape index (κ3) is 4.54. The molecule has 0 aliphatic carbocycles. The molecule has 186 valence electrons. The number of ketones is 1. The monoisotopic (exact) mass is 519 g/mol. The fraction of sp³-hybridized carbons (Fsp3) is 0.154. The Kier molecular flexibility index (Phi) is 6.77. The van der Waals surface area contributed by atoms with E-state index in [4.69, 9.17) is 16.3 Å². The van der Waals surface area contributed by atoms with Gasteiger partial charge in [-0.25, -0.2) is 4.39 Å². The molecule has 3 aromatic rings. The van der Waals surface area contributed by atoms with Gasteiger partial charge >= 0.3 is 6.18 Å². The third-order valence-corrected chi connectivity index (χ3v) is 5.91.